The molecule has 1 aromatic rings. The maximum atomic E-state index is 12.8. The monoisotopic (exact) mass is 338 g/mol. The third-order valence-electron chi connectivity index (χ3n) is 4.08. The van der Waals surface area contributed by atoms with Gasteiger partial charge in [0.15, 0.2) is 5.78 Å². The predicted molar refractivity (Wildman–Crippen MR) is 89.4 cm³/mol. The van der Waals surface area contributed by atoms with Gasteiger partial charge in [-0.05, 0) is 33.3 Å². The summed E-state index contributed by atoms with van der Waals surface area (Å²) >= 11 is 0. The number of aromatic nitrogens is 1. The van der Waals surface area contributed by atoms with Crippen molar-refractivity contribution in [3.63, 3.8) is 0 Å². The van der Waals surface area contributed by atoms with Gasteiger partial charge < -0.3 is 18.9 Å². The first-order valence-corrected chi connectivity index (χ1v) is 7.91. The van der Waals surface area contributed by atoms with Crippen LogP contribution in [0.4, 0.5) is 0 Å². The fraction of sp³-hybridized carbons (Fsp3) is 0.588. The number of rotatable bonds is 8. The molecule has 1 heterocycles. The molecule has 0 saturated carbocycles. The molecule has 0 aliphatic carbocycles. The Bertz CT molecular complexity index is 633. The highest BCUT2D eigenvalue weighted by molar-refractivity contribution is 6.04. The van der Waals surface area contributed by atoms with Gasteiger partial charge in [-0.1, -0.05) is 0 Å². The quantitative estimate of drug-likeness (QED) is 0.531. The summed E-state index contributed by atoms with van der Waals surface area (Å²) in [4.78, 5) is 38.2. The van der Waals surface area contributed by atoms with Crippen molar-refractivity contribution >= 4 is 17.7 Å². The van der Waals surface area contributed by atoms with Gasteiger partial charge in [-0.15, -0.1) is 0 Å². The van der Waals surface area contributed by atoms with Crippen LogP contribution in [0.15, 0.2) is 0 Å². The second-order valence-electron chi connectivity index (χ2n) is 5.43. The lowest BCUT2D eigenvalue weighted by Crippen LogP contribution is -2.38. The van der Waals surface area contributed by atoms with Crippen LogP contribution in [0.25, 0.3) is 0 Å². The van der Waals surface area contributed by atoms with Gasteiger partial charge in [0.25, 0.3) is 0 Å². The Hall–Kier alpha value is -2.15. The van der Waals surface area contributed by atoms with Crippen LogP contribution >= 0.6 is 0 Å². The van der Waals surface area contributed by atoms with Crippen LogP contribution < -0.4 is 0 Å². The van der Waals surface area contributed by atoms with E-state index in [1.807, 2.05) is 6.92 Å². The lowest BCUT2D eigenvalue weighted by Gasteiger charge is -2.19. The zero-order valence-corrected chi connectivity index (χ0v) is 15.3. The number of ketones is 1. The van der Waals surface area contributed by atoms with E-state index in [0.29, 0.717) is 35.6 Å². The summed E-state index contributed by atoms with van der Waals surface area (Å²) in [5.74, 6) is -0.917. The molecule has 24 heavy (non-hydrogen) atoms. The number of amides is 1. The first-order chi connectivity index (χ1) is 11.3. The molecule has 0 saturated heterocycles. The molecule has 0 radical (unpaired) electrons. The number of likely N-dealkylation sites (N-methyl/N-ethyl adjacent to an activating group) is 1. The SMILES string of the molecule is CCN(CC(=O)c1c(C)c(C(=O)OC)n(CC)c1C)C(=O)COC. The van der Waals surface area contributed by atoms with Crippen molar-refractivity contribution < 1.29 is 23.9 Å². The second kappa shape index (κ2) is 8.63. The molecule has 1 rings (SSSR count). The predicted octanol–water partition coefficient (Wildman–Crippen LogP) is 1.59. The van der Waals surface area contributed by atoms with Crippen LogP contribution in [0, 0.1) is 13.8 Å². The fourth-order valence-electron chi connectivity index (χ4n) is 2.90. The van der Waals surface area contributed by atoms with Crippen molar-refractivity contribution in [2.75, 3.05) is 33.9 Å². The molecule has 0 aliphatic heterocycles. The summed E-state index contributed by atoms with van der Waals surface area (Å²) in [5, 5.41) is 0. The molecular formula is C17H26N2O5. The lowest BCUT2D eigenvalue weighted by molar-refractivity contribution is -0.134. The van der Waals surface area contributed by atoms with Gasteiger partial charge >= 0.3 is 5.97 Å². The number of hydrogen-bond donors (Lipinski definition) is 0. The van der Waals surface area contributed by atoms with Gasteiger partial charge in [-0.2, -0.15) is 0 Å². The Balaban J connectivity index is 3.22. The minimum Gasteiger partial charge on any atom is -0.464 e. The Morgan fingerprint density at radius 1 is 1.12 bits per heavy atom. The molecule has 0 bridgehead atoms. The van der Waals surface area contributed by atoms with E-state index < -0.39 is 5.97 Å². The molecule has 1 aromatic heterocycles. The largest absolute Gasteiger partial charge is 0.464 e. The van der Waals surface area contributed by atoms with E-state index in [1.165, 1.54) is 19.1 Å². The van der Waals surface area contributed by atoms with Crippen molar-refractivity contribution in [3.8, 4) is 0 Å². The lowest BCUT2D eigenvalue weighted by atomic mass is 10.1. The van der Waals surface area contributed by atoms with E-state index in [9.17, 15) is 14.4 Å². The van der Waals surface area contributed by atoms with Crippen molar-refractivity contribution in [2.45, 2.75) is 34.2 Å². The number of nitrogens with zero attached hydrogens (tertiary/aromatic N) is 2. The van der Waals surface area contributed by atoms with Crippen molar-refractivity contribution in [1.29, 1.82) is 0 Å². The number of Topliss-reactive ketones (excluding diaryl/α,β-unsaturated/α-hetero) is 1. The second-order valence-corrected chi connectivity index (χ2v) is 5.43. The fourth-order valence-corrected chi connectivity index (χ4v) is 2.90. The normalized spacial score (nSPS) is 10.6. The maximum Gasteiger partial charge on any atom is 0.354 e. The molecule has 1 amide bonds. The van der Waals surface area contributed by atoms with Crippen LogP contribution in [0.2, 0.25) is 0 Å². The first-order valence-electron chi connectivity index (χ1n) is 7.91. The maximum absolute atomic E-state index is 12.8. The van der Waals surface area contributed by atoms with E-state index >= 15 is 0 Å². The number of methoxy groups -OCH3 is 2. The highest BCUT2D eigenvalue weighted by Gasteiger charge is 2.27. The average Bonchev–Trinajstić information content (AvgIpc) is 2.81. The zero-order chi connectivity index (χ0) is 18.4. The minimum atomic E-state index is -0.473. The molecule has 0 aliphatic rings. The van der Waals surface area contributed by atoms with Crippen molar-refractivity contribution in [1.82, 2.24) is 9.47 Å². The van der Waals surface area contributed by atoms with Crippen LogP contribution in [-0.2, 0) is 20.8 Å². The standard InChI is InChI=1S/C17H26N2O5/c1-7-18(14(21)10-23-5)9-13(20)15-11(3)16(17(22)24-6)19(8-2)12(15)4/h7-10H2,1-6H3. The number of esters is 1. The number of carbonyl (C=O) groups excluding carboxylic acids is 3. The summed E-state index contributed by atoms with van der Waals surface area (Å²) in [7, 11) is 2.75. The van der Waals surface area contributed by atoms with Crippen LogP contribution in [0.3, 0.4) is 0 Å². The molecule has 0 N–H and O–H groups in total. The van der Waals surface area contributed by atoms with E-state index in [0.717, 1.165) is 0 Å². The van der Waals surface area contributed by atoms with Gasteiger partial charge in [0.05, 0.1) is 13.7 Å². The molecule has 0 unspecified atom stereocenters. The molecule has 7 heteroatoms. The number of ether oxygens (including phenoxy) is 2. The molecule has 134 valence electrons. The number of hydrogen-bond acceptors (Lipinski definition) is 5. The minimum absolute atomic E-state index is 0.0469. The third kappa shape index (κ3) is 3.84. The molecule has 0 atom stereocenters. The summed E-state index contributed by atoms with van der Waals surface area (Å²) in [6.07, 6.45) is 0. The summed E-state index contributed by atoms with van der Waals surface area (Å²) in [6.45, 7) is 8.06. The van der Waals surface area contributed by atoms with E-state index in [-0.39, 0.29) is 24.8 Å². The highest BCUT2D eigenvalue weighted by Crippen LogP contribution is 2.24. The van der Waals surface area contributed by atoms with Gasteiger partial charge in [-0.3, -0.25) is 9.59 Å². The summed E-state index contributed by atoms with van der Waals surface area (Å²) in [5.41, 5.74) is 2.14. The molecule has 0 aromatic carbocycles. The van der Waals surface area contributed by atoms with Gasteiger partial charge in [0.2, 0.25) is 5.91 Å². The molecule has 7 nitrogen and oxygen atoms in total. The highest BCUT2D eigenvalue weighted by atomic mass is 16.5. The van der Waals surface area contributed by atoms with Crippen LogP contribution in [-0.4, -0.2) is 61.0 Å². The van der Waals surface area contributed by atoms with Gasteiger partial charge in [0.1, 0.15) is 12.3 Å². The van der Waals surface area contributed by atoms with Gasteiger partial charge in [-0.25, -0.2) is 4.79 Å². The average molecular weight is 338 g/mol. The summed E-state index contributed by atoms with van der Waals surface area (Å²) in [6, 6.07) is 0. The van der Waals surface area contributed by atoms with E-state index in [2.05, 4.69) is 0 Å². The Labute approximate surface area is 142 Å². The third-order valence-corrected chi connectivity index (χ3v) is 4.08. The van der Waals surface area contributed by atoms with Crippen LogP contribution in [0.5, 0.6) is 0 Å². The molecule has 0 fully saturated rings. The zero-order valence-electron chi connectivity index (χ0n) is 15.3. The van der Waals surface area contributed by atoms with E-state index in [1.54, 1.807) is 25.3 Å². The molecular weight excluding hydrogens is 312 g/mol. The van der Waals surface area contributed by atoms with Crippen LogP contribution in [0.1, 0.15) is 46.0 Å². The summed E-state index contributed by atoms with van der Waals surface area (Å²) < 4.78 is 11.4. The smallest absolute Gasteiger partial charge is 0.354 e. The molecule has 0 spiro atoms. The van der Waals surface area contributed by atoms with E-state index in [4.69, 9.17) is 9.47 Å². The number of carbonyl (C=O) groups is 3. The first kappa shape index (κ1) is 19.9. The Morgan fingerprint density at radius 3 is 2.21 bits per heavy atom. The van der Waals surface area contributed by atoms with Gasteiger partial charge in [0, 0.05) is 31.5 Å². The Kier molecular flexibility index (Phi) is 7.16. The van der Waals surface area contributed by atoms with Crippen molar-refractivity contribution in [3.05, 3.63) is 22.5 Å². The topological polar surface area (TPSA) is 77.8 Å². The van der Waals surface area contributed by atoms with Crippen molar-refractivity contribution in [2.24, 2.45) is 0 Å². The Morgan fingerprint density at radius 2 is 1.75 bits per heavy atom.